The first-order chi connectivity index (χ1) is 6.79. The summed E-state index contributed by atoms with van der Waals surface area (Å²) in [6.45, 7) is 6.74. The fourth-order valence-electron chi connectivity index (χ4n) is 1.61. The van der Waals surface area contributed by atoms with E-state index in [9.17, 15) is 4.39 Å². The second-order valence-corrected chi connectivity index (χ2v) is 3.19. The molecule has 0 aliphatic carbocycles. The molecule has 78 valence electrons. The van der Waals surface area contributed by atoms with Crippen molar-refractivity contribution in [3.05, 3.63) is 29.6 Å². The van der Waals surface area contributed by atoms with Crippen molar-refractivity contribution >= 4 is 0 Å². The Morgan fingerprint density at radius 1 is 1.36 bits per heavy atom. The molecule has 1 aliphatic rings. The minimum absolute atomic E-state index is 0.139. The molecule has 0 fully saturated rings. The first-order valence-electron chi connectivity index (χ1n) is 5.20. The molecule has 0 radical (unpaired) electrons. The molecule has 14 heavy (non-hydrogen) atoms. The zero-order valence-corrected chi connectivity index (χ0v) is 9.01. The number of benzene rings is 1. The largest absolute Gasteiger partial charge is 0.493 e. The second-order valence-electron chi connectivity index (χ2n) is 3.19. The molecular weight excluding hydrogens is 179 g/mol. The average Bonchev–Trinajstić information content (AvgIpc) is 2.21. The Hall–Kier alpha value is -1.05. The molecule has 1 atom stereocenters. The summed E-state index contributed by atoms with van der Waals surface area (Å²) in [7, 11) is 0. The Kier molecular flexibility index (Phi) is 3.93. The van der Waals surface area contributed by atoms with Gasteiger partial charge in [0.05, 0.1) is 6.61 Å². The quantitative estimate of drug-likeness (QED) is 0.614. The highest BCUT2D eigenvalue weighted by Crippen LogP contribution is 2.34. The molecule has 0 aromatic heterocycles. The lowest BCUT2D eigenvalue weighted by atomic mass is 9.95. The maximum absolute atomic E-state index is 13.2. The van der Waals surface area contributed by atoms with Gasteiger partial charge in [-0.1, -0.05) is 26.8 Å². The number of hydrogen-bond acceptors (Lipinski definition) is 1. The van der Waals surface area contributed by atoms with Crippen LogP contribution >= 0.6 is 0 Å². The normalized spacial score (nSPS) is 18.7. The maximum atomic E-state index is 13.2. The van der Waals surface area contributed by atoms with Crippen LogP contribution in [0.5, 0.6) is 5.75 Å². The second kappa shape index (κ2) is 4.99. The van der Waals surface area contributed by atoms with Gasteiger partial charge in [-0.2, -0.15) is 0 Å². The lowest BCUT2D eigenvalue weighted by molar-refractivity contribution is 0.267. The number of hydrogen-bond donors (Lipinski definition) is 0. The Morgan fingerprint density at radius 3 is 2.71 bits per heavy atom. The van der Waals surface area contributed by atoms with E-state index in [1.54, 1.807) is 6.07 Å². The topological polar surface area (TPSA) is 9.23 Å². The van der Waals surface area contributed by atoms with Crippen LogP contribution in [-0.2, 0) is 0 Å². The van der Waals surface area contributed by atoms with Gasteiger partial charge in [0.15, 0.2) is 0 Å². The van der Waals surface area contributed by atoms with Crippen LogP contribution in [0, 0.1) is 5.82 Å². The molecule has 0 spiro atoms. The summed E-state index contributed by atoms with van der Waals surface area (Å²) in [5, 5.41) is 0. The van der Waals surface area contributed by atoms with Crippen molar-refractivity contribution in [3.8, 4) is 5.75 Å². The highest BCUT2D eigenvalue weighted by molar-refractivity contribution is 5.38. The van der Waals surface area contributed by atoms with Crippen molar-refractivity contribution < 1.29 is 9.13 Å². The predicted molar refractivity (Wildman–Crippen MR) is 56.3 cm³/mol. The molecule has 2 heteroatoms. The summed E-state index contributed by atoms with van der Waals surface area (Å²) < 4.78 is 18.6. The molecule has 0 N–H and O–H groups in total. The standard InChI is InChI=1S/C10H11FO.C2H6/c1-7-5-6-12-9-4-2-3-8(11)10(7)9;1-2/h2-4,7H,5-6H2,1H3;1-2H3. The summed E-state index contributed by atoms with van der Waals surface area (Å²) in [6, 6.07) is 5.00. The predicted octanol–water partition coefficient (Wildman–Crippen LogP) is 3.74. The number of ether oxygens (including phenoxy) is 1. The first-order valence-corrected chi connectivity index (χ1v) is 5.20. The number of fused-ring (bicyclic) bond motifs is 1. The first kappa shape index (κ1) is 11.0. The Labute approximate surface area is 84.9 Å². The lowest BCUT2D eigenvalue weighted by Crippen LogP contribution is -2.13. The molecule has 1 aromatic rings. The van der Waals surface area contributed by atoms with Crippen molar-refractivity contribution in [2.75, 3.05) is 6.61 Å². The van der Waals surface area contributed by atoms with Crippen LogP contribution in [-0.4, -0.2) is 6.61 Å². The third-order valence-electron chi connectivity index (χ3n) is 2.31. The summed E-state index contributed by atoms with van der Waals surface area (Å²) >= 11 is 0. The van der Waals surface area contributed by atoms with Gasteiger partial charge in [-0.3, -0.25) is 0 Å². The van der Waals surface area contributed by atoms with Gasteiger partial charge in [0.25, 0.3) is 0 Å². The molecule has 1 aromatic carbocycles. The molecule has 2 rings (SSSR count). The van der Waals surface area contributed by atoms with Gasteiger partial charge in [-0.15, -0.1) is 0 Å². The molecule has 1 heterocycles. The molecule has 0 saturated heterocycles. The average molecular weight is 196 g/mol. The zero-order valence-electron chi connectivity index (χ0n) is 9.01. The molecular formula is C12H17FO. The van der Waals surface area contributed by atoms with Crippen molar-refractivity contribution in [1.29, 1.82) is 0 Å². The van der Waals surface area contributed by atoms with Crippen LogP contribution < -0.4 is 4.74 Å². The Balaban J connectivity index is 0.000000461. The Bertz CT molecular complexity index is 296. The van der Waals surface area contributed by atoms with Crippen LogP contribution in [0.15, 0.2) is 18.2 Å². The van der Waals surface area contributed by atoms with E-state index in [2.05, 4.69) is 0 Å². The van der Waals surface area contributed by atoms with Gasteiger partial charge in [0.2, 0.25) is 0 Å². The van der Waals surface area contributed by atoms with Crippen LogP contribution in [0.1, 0.15) is 38.7 Å². The SMILES string of the molecule is CC.CC1CCOc2cccc(F)c21. The molecule has 1 nitrogen and oxygen atoms in total. The van der Waals surface area contributed by atoms with E-state index in [0.29, 0.717) is 12.4 Å². The number of rotatable bonds is 0. The summed E-state index contributed by atoms with van der Waals surface area (Å²) in [5.41, 5.74) is 0.740. The smallest absolute Gasteiger partial charge is 0.130 e. The summed E-state index contributed by atoms with van der Waals surface area (Å²) in [4.78, 5) is 0. The van der Waals surface area contributed by atoms with E-state index in [1.165, 1.54) is 6.07 Å². The van der Waals surface area contributed by atoms with Crippen LogP contribution in [0.3, 0.4) is 0 Å². The fourth-order valence-corrected chi connectivity index (χ4v) is 1.61. The van der Waals surface area contributed by atoms with Gasteiger partial charge in [0.1, 0.15) is 11.6 Å². The third-order valence-corrected chi connectivity index (χ3v) is 2.31. The van der Waals surface area contributed by atoms with E-state index in [0.717, 1.165) is 12.0 Å². The van der Waals surface area contributed by atoms with Gasteiger partial charge in [-0.25, -0.2) is 4.39 Å². The minimum Gasteiger partial charge on any atom is -0.493 e. The van der Waals surface area contributed by atoms with E-state index in [1.807, 2.05) is 26.8 Å². The van der Waals surface area contributed by atoms with E-state index < -0.39 is 0 Å². The van der Waals surface area contributed by atoms with Crippen LogP contribution in [0.25, 0.3) is 0 Å². The molecule has 1 aliphatic heterocycles. The molecule has 0 amide bonds. The summed E-state index contributed by atoms with van der Waals surface area (Å²) in [5.74, 6) is 0.864. The van der Waals surface area contributed by atoms with Gasteiger partial charge < -0.3 is 4.74 Å². The zero-order chi connectivity index (χ0) is 10.6. The fraction of sp³-hybridized carbons (Fsp3) is 0.500. The third kappa shape index (κ3) is 2.06. The molecule has 0 saturated carbocycles. The lowest BCUT2D eigenvalue weighted by Gasteiger charge is -2.22. The molecule has 1 unspecified atom stereocenters. The van der Waals surface area contributed by atoms with E-state index >= 15 is 0 Å². The van der Waals surface area contributed by atoms with E-state index in [4.69, 9.17) is 4.74 Å². The number of halogens is 1. The highest BCUT2D eigenvalue weighted by atomic mass is 19.1. The van der Waals surface area contributed by atoms with Crippen molar-refractivity contribution in [1.82, 2.24) is 0 Å². The summed E-state index contributed by atoms with van der Waals surface area (Å²) in [6.07, 6.45) is 0.911. The van der Waals surface area contributed by atoms with Crippen molar-refractivity contribution in [2.45, 2.75) is 33.1 Å². The minimum atomic E-state index is -0.139. The van der Waals surface area contributed by atoms with Crippen LogP contribution in [0.4, 0.5) is 4.39 Å². The van der Waals surface area contributed by atoms with Crippen LogP contribution in [0.2, 0.25) is 0 Å². The Morgan fingerprint density at radius 2 is 2.07 bits per heavy atom. The van der Waals surface area contributed by atoms with Gasteiger partial charge >= 0.3 is 0 Å². The van der Waals surface area contributed by atoms with Crippen molar-refractivity contribution in [3.63, 3.8) is 0 Å². The highest BCUT2D eigenvalue weighted by Gasteiger charge is 2.20. The maximum Gasteiger partial charge on any atom is 0.130 e. The van der Waals surface area contributed by atoms with E-state index in [-0.39, 0.29) is 11.7 Å². The van der Waals surface area contributed by atoms with Crippen molar-refractivity contribution in [2.24, 2.45) is 0 Å². The van der Waals surface area contributed by atoms with Gasteiger partial charge in [-0.05, 0) is 24.5 Å². The monoisotopic (exact) mass is 196 g/mol. The van der Waals surface area contributed by atoms with Gasteiger partial charge in [0, 0.05) is 5.56 Å². The molecule has 0 bridgehead atoms.